The number of carboxylic acids is 1. The summed E-state index contributed by atoms with van der Waals surface area (Å²) in [4.78, 5) is 25.7. The highest BCUT2D eigenvalue weighted by Gasteiger charge is 2.34. The Morgan fingerprint density at radius 2 is 2.00 bits per heavy atom. The van der Waals surface area contributed by atoms with Crippen molar-refractivity contribution in [3.8, 4) is 0 Å². The molecule has 0 saturated carbocycles. The maximum absolute atomic E-state index is 11.7. The van der Waals surface area contributed by atoms with Gasteiger partial charge in [0.05, 0.1) is 13.0 Å². The maximum atomic E-state index is 11.7. The summed E-state index contributed by atoms with van der Waals surface area (Å²) >= 11 is 0. The lowest BCUT2D eigenvalue weighted by Crippen LogP contribution is -2.45. The quantitative estimate of drug-likeness (QED) is 0.815. The molecule has 25 heavy (non-hydrogen) atoms. The molecule has 2 heterocycles. The number of hydrogen-bond donors (Lipinski definition) is 1. The number of aromatic carboxylic acids is 1. The zero-order valence-electron chi connectivity index (χ0n) is 15.0. The van der Waals surface area contributed by atoms with Crippen LogP contribution in [0.2, 0.25) is 0 Å². The highest BCUT2D eigenvalue weighted by Crippen LogP contribution is 2.30. The van der Waals surface area contributed by atoms with E-state index in [4.69, 9.17) is 4.74 Å². The highest BCUT2D eigenvalue weighted by molar-refractivity contribution is 5.87. The highest BCUT2D eigenvalue weighted by atomic mass is 16.5. The fraction of sp³-hybridized carbons (Fsp3) is 0.722. The molecule has 7 nitrogen and oxygen atoms in total. The first-order valence-corrected chi connectivity index (χ1v) is 9.18. The Bertz CT molecular complexity index is 647. The van der Waals surface area contributed by atoms with Crippen LogP contribution in [0.1, 0.15) is 54.4 Å². The first-order valence-electron chi connectivity index (χ1n) is 9.18. The molecule has 0 amide bonds. The molecule has 1 N–H and O–H groups in total. The first kappa shape index (κ1) is 17.9. The SMILES string of the molecule is CCCn1nc(C(=O)O)c2c1CCC(N1CCC(C(=O)OC)CC1)C2. The summed E-state index contributed by atoms with van der Waals surface area (Å²) < 4.78 is 6.74. The number of carbonyl (C=O) groups excluding carboxylic acids is 1. The third kappa shape index (κ3) is 3.56. The number of ether oxygens (including phenoxy) is 1. The predicted octanol–water partition coefficient (Wildman–Crippen LogP) is 1.73. The van der Waals surface area contributed by atoms with Crippen LogP contribution in [0.25, 0.3) is 0 Å². The molecule has 1 fully saturated rings. The third-order valence-electron chi connectivity index (χ3n) is 5.54. The first-order chi connectivity index (χ1) is 12.0. The molecule has 1 aliphatic heterocycles. The van der Waals surface area contributed by atoms with Gasteiger partial charge < -0.3 is 9.84 Å². The lowest BCUT2D eigenvalue weighted by molar-refractivity contribution is -0.147. The van der Waals surface area contributed by atoms with E-state index in [1.54, 1.807) is 0 Å². The fourth-order valence-corrected chi connectivity index (χ4v) is 4.22. The van der Waals surface area contributed by atoms with Crippen LogP contribution in [-0.2, 0) is 28.9 Å². The standard InChI is InChI=1S/C18H27N3O4/c1-3-8-21-15-5-4-13(11-14(15)16(19-21)17(22)23)20-9-6-12(7-10-20)18(24)25-2/h12-13H,3-11H2,1-2H3,(H,22,23). The molecule has 1 atom stereocenters. The lowest BCUT2D eigenvalue weighted by Gasteiger charge is -2.38. The second-order valence-corrected chi connectivity index (χ2v) is 7.03. The second kappa shape index (κ2) is 7.56. The van der Waals surface area contributed by atoms with Crippen molar-refractivity contribution < 1.29 is 19.4 Å². The van der Waals surface area contributed by atoms with E-state index in [1.165, 1.54) is 7.11 Å². The van der Waals surface area contributed by atoms with Crippen LogP contribution >= 0.6 is 0 Å². The Morgan fingerprint density at radius 3 is 2.60 bits per heavy atom. The van der Waals surface area contributed by atoms with Crippen molar-refractivity contribution in [1.82, 2.24) is 14.7 Å². The van der Waals surface area contributed by atoms with Crippen LogP contribution in [0, 0.1) is 5.92 Å². The minimum Gasteiger partial charge on any atom is -0.476 e. The number of carboxylic acid groups (broad SMARTS) is 1. The van der Waals surface area contributed by atoms with Gasteiger partial charge in [0.2, 0.25) is 0 Å². The molecule has 2 aliphatic rings. The summed E-state index contributed by atoms with van der Waals surface area (Å²) in [6.45, 7) is 4.58. The molecule has 3 rings (SSSR count). The minimum absolute atomic E-state index is 0.00212. The maximum Gasteiger partial charge on any atom is 0.356 e. The number of esters is 1. The number of hydrogen-bond acceptors (Lipinski definition) is 5. The van der Waals surface area contributed by atoms with E-state index in [1.807, 2.05) is 4.68 Å². The average Bonchev–Trinajstić information content (AvgIpc) is 3.00. The van der Waals surface area contributed by atoms with Gasteiger partial charge in [-0.2, -0.15) is 5.10 Å². The predicted molar refractivity (Wildman–Crippen MR) is 91.6 cm³/mol. The molecule has 1 saturated heterocycles. The van der Waals surface area contributed by atoms with Crippen molar-refractivity contribution in [2.24, 2.45) is 5.92 Å². The summed E-state index contributed by atoms with van der Waals surface area (Å²) in [6, 6.07) is 0.337. The van der Waals surface area contributed by atoms with Crippen LogP contribution in [0.4, 0.5) is 0 Å². The van der Waals surface area contributed by atoms with Gasteiger partial charge in [0.25, 0.3) is 0 Å². The molecule has 1 unspecified atom stereocenters. The largest absolute Gasteiger partial charge is 0.476 e. The van der Waals surface area contributed by atoms with E-state index in [2.05, 4.69) is 16.9 Å². The van der Waals surface area contributed by atoms with E-state index >= 15 is 0 Å². The number of piperidine rings is 1. The molecule has 138 valence electrons. The van der Waals surface area contributed by atoms with Crippen molar-refractivity contribution in [3.05, 3.63) is 17.0 Å². The molecule has 0 radical (unpaired) electrons. The number of likely N-dealkylation sites (tertiary alicyclic amines) is 1. The van der Waals surface area contributed by atoms with Gasteiger partial charge in [-0.1, -0.05) is 6.92 Å². The van der Waals surface area contributed by atoms with Crippen LogP contribution < -0.4 is 0 Å². The van der Waals surface area contributed by atoms with Gasteiger partial charge in [-0.05, 0) is 51.6 Å². The zero-order chi connectivity index (χ0) is 18.0. The van der Waals surface area contributed by atoms with E-state index in [0.29, 0.717) is 6.04 Å². The number of aromatic nitrogens is 2. The van der Waals surface area contributed by atoms with E-state index in [0.717, 1.165) is 69.4 Å². The van der Waals surface area contributed by atoms with E-state index in [-0.39, 0.29) is 17.6 Å². The van der Waals surface area contributed by atoms with Crippen molar-refractivity contribution in [2.75, 3.05) is 20.2 Å². The van der Waals surface area contributed by atoms with Crippen LogP contribution in [0.3, 0.4) is 0 Å². The summed E-state index contributed by atoms with van der Waals surface area (Å²) in [5.74, 6) is -1.04. The molecule has 0 aromatic carbocycles. The van der Waals surface area contributed by atoms with Gasteiger partial charge in [-0.3, -0.25) is 14.4 Å². The Kier molecular flexibility index (Phi) is 5.42. The normalized spacial score (nSPS) is 21.8. The van der Waals surface area contributed by atoms with Gasteiger partial charge in [0, 0.05) is 23.8 Å². The molecule has 1 aromatic heterocycles. The monoisotopic (exact) mass is 349 g/mol. The van der Waals surface area contributed by atoms with Crippen molar-refractivity contribution in [2.45, 2.75) is 58.0 Å². The van der Waals surface area contributed by atoms with Gasteiger partial charge in [-0.25, -0.2) is 4.79 Å². The number of rotatable bonds is 5. The van der Waals surface area contributed by atoms with E-state index < -0.39 is 5.97 Å². The Balaban J connectivity index is 1.71. The molecule has 0 spiro atoms. The Morgan fingerprint density at radius 1 is 1.28 bits per heavy atom. The lowest BCUT2D eigenvalue weighted by atomic mass is 9.88. The minimum atomic E-state index is -0.934. The number of carbonyl (C=O) groups is 2. The molecular weight excluding hydrogens is 322 g/mol. The Labute approximate surface area is 147 Å². The van der Waals surface area contributed by atoms with Crippen LogP contribution in [-0.4, -0.2) is 58.0 Å². The number of methoxy groups -OCH3 is 1. The second-order valence-electron chi connectivity index (χ2n) is 7.03. The van der Waals surface area contributed by atoms with Crippen molar-refractivity contribution in [3.63, 3.8) is 0 Å². The van der Waals surface area contributed by atoms with Gasteiger partial charge in [0.15, 0.2) is 5.69 Å². The molecule has 1 aromatic rings. The topological polar surface area (TPSA) is 84.7 Å². The Hall–Kier alpha value is -1.89. The fourth-order valence-electron chi connectivity index (χ4n) is 4.22. The smallest absolute Gasteiger partial charge is 0.356 e. The summed E-state index contributed by atoms with van der Waals surface area (Å²) in [7, 11) is 1.44. The van der Waals surface area contributed by atoms with Gasteiger partial charge in [0.1, 0.15) is 0 Å². The summed E-state index contributed by atoms with van der Waals surface area (Å²) in [5.41, 5.74) is 2.23. The summed E-state index contributed by atoms with van der Waals surface area (Å²) in [5, 5.41) is 13.8. The van der Waals surface area contributed by atoms with Gasteiger partial charge in [-0.15, -0.1) is 0 Å². The van der Waals surface area contributed by atoms with Gasteiger partial charge >= 0.3 is 11.9 Å². The molecule has 1 aliphatic carbocycles. The van der Waals surface area contributed by atoms with E-state index in [9.17, 15) is 14.7 Å². The molecular formula is C18H27N3O4. The molecule has 0 bridgehead atoms. The third-order valence-corrected chi connectivity index (χ3v) is 5.54. The van der Waals surface area contributed by atoms with Crippen molar-refractivity contribution in [1.29, 1.82) is 0 Å². The summed E-state index contributed by atoms with van der Waals surface area (Å²) in [6.07, 6.45) is 5.20. The number of aryl methyl sites for hydroxylation is 1. The molecule has 7 heteroatoms. The number of nitrogens with zero attached hydrogens (tertiary/aromatic N) is 3. The number of fused-ring (bicyclic) bond motifs is 1. The van der Waals surface area contributed by atoms with Crippen LogP contribution in [0.15, 0.2) is 0 Å². The zero-order valence-corrected chi connectivity index (χ0v) is 15.0. The average molecular weight is 349 g/mol. The van der Waals surface area contributed by atoms with Crippen LogP contribution in [0.5, 0.6) is 0 Å². The van der Waals surface area contributed by atoms with Crippen molar-refractivity contribution >= 4 is 11.9 Å².